The number of nitriles is 1. The van der Waals surface area contributed by atoms with Crippen molar-refractivity contribution in [2.45, 2.75) is 26.7 Å². The molecule has 0 aliphatic rings. The van der Waals surface area contributed by atoms with Gasteiger partial charge in [0.1, 0.15) is 0 Å². The third-order valence-electron chi connectivity index (χ3n) is 2.02. The minimum Gasteiger partial charge on any atom is -0.198 e. The predicted octanol–water partition coefficient (Wildman–Crippen LogP) is 2.95. The third kappa shape index (κ3) is 2.91. The Balaban J connectivity index is 2.85. The Morgan fingerprint density at radius 1 is 1.23 bits per heavy atom. The highest BCUT2D eigenvalue weighted by Crippen LogP contribution is 2.13. The number of rotatable bonds is 3. The van der Waals surface area contributed by atoms with Crippen molar-refractivity contribution in [3.8, 4) is 6.07 Å². The zero-order valence-corrected chi connectivity index (χ0v) is 8.25. The molecule has 1 aromatic rings. The van der Waals surface area contributed by atoms with E-state index in [-0.39, 0.29) is 0 Å². The van der Waals surface area contributed by atoms with Crippen molar-refractivity contribution < 1.29 is 0 Å². The molecule has 0 fully saturated rings. The van der Waals surface area contributed by atoms with E-state index in [2.05, 4.69) is 26.0 Å². The molecule has 0 radical (unpaired) electrons. The summed E-state index contributed by atoms with van der Waals surface area (Å²) in [6.45, 7) is 4.40. The molecule has 0 unspecified atom stereocenters. The summed E-state index contributed by atoms with van der Waals surface area (Å²) >= 11 is 0. The van der Waals surface area contributed by atoms with Gasteiger partial charge in [-0.3, -0.25) is 0 Å². The van der Waals surface area contributed by atoms with Crippen molar-refractivity contribution in [1.29, 1.82) is 5.26 Å². The van der Waals surface area contributed by atoms with Crippen LogP contribution in [0.5, 0.6) is 0 Å². The van der Waals surface area contributed by atoms with Crippen molar-refractivity contribution in [2.75, 3.05) is 0 Å². The lowest BCUT2D eigenvalue weighted by Crippen LogP contribution is -1.98. The van der Waals surface area contributed by atoms with Crippen molar-refractivity contribution >= 4 is 0 Å². The monoisotopic (exact) mass is 173 g/mol. The normalized spacial score (nSPS) is 10.0. The van der Waals surface area contributed by atoms with Crippen LogP contribution in [-0.2, 0) is 12.8 Å². The third-order valence-corrected chi connectivity index (χ3v) is 2.02. The Morgan fingerprint density at radius 2 is 1.85 bits per heavy atom. The van der Waals surface area contributed by atoms with Crippen molar-refractivity contribution in [2.24, 2.45) is 5.92 Å². The maximum absolute atomic E-state index is 8.63. The summed E-state index contributed by atoms with van der Waals surface area (Å²) in [5, 5.41) is 8.63. The van der Waals surface area contributed by atoms with E-state index >= 15 is 0 Å². The van der Waals surface area contributed by atoms with Crippen LogP contribution in [0.2, 0.25) is 0 Å². The van der Waals surface area contributed by atoms with E-state index in [1.807, 2.05) is 18.2 Å². The molecule has 0 bridgehead atoms. The molecular formula is C12H15N. The Morgan fingerprint density at radius 3 is 2.38 bits per heavy atom. The van der Waals surface area contributed by atoms with E-state index in [1.54, 1.807) is 0 Å². The largest absolute Gasteiger partial charge is 0.198 e. The van der Waals surface area contributed by atoms with Crippen molar-refractivity contribution in [3.63, 3.8) is 0 Å². The highest BCUT2D eigenvalue weighted by Gasteiger charge is 2.02. The van der Waals surface area contributed by atoms with E-state index in [1.165, 1.54) is 11.1 Å². The molecule has 0 aliphatic carbocycles. The van der Waals surface area contributed by atoms with Gasteiger partial charge in [0.25, 0.3) is 0 Å². The molecule has 0 spiro atoms. The van der Waals surface area contributed by atoms with Crippen LogP contribution in [-0.4, -0.2) is 0 Å². The van der Waals surface area contributed by atoms with Gasteiger partial charge in [0.05, 0.1) is 12.5 Å². The molecule has 0 atom stereocenters. The molecule has 0 aliphatic heterocycles. The van der Waals surface area contributed by atoms with Gasteiger partial charge in [0.15, 0.2) is 0 Å². The second-order valence-electron chi connectivity index (χ2n) is 3.70. The van der Waals surface area contributed by atoms with Crippen LogP contribution in [0.3, 0.4) is 0 Å². The lowest BCUT2D eigenvalue weighted by Gasteiger charge is -2.08. The summed E-state index contributed by atoms with van der Waals surface area (Å²) < 4.78 is 0. The van der Waals surface area contributed by atoms with Crippen LogP contribution in [0.15, 0.2) is 24.3 Å². The lowest BCUT2D eigenvalue weighted by atomic mass is 9.97. The summed E-state index contributed by atoms with van der Waals surface area (Å²) in [4.78, 5) is 0. The van der Waals surface area contributed by atoms with Gasteiger partial charge < -0.3 is 0 Å². The topological polar surface area (TPSA) is 23.8 Å². The first-order chi connectivity index (χ1) is 6.24. The van der Waals surface area contributed by atoms with Gasteiger partial charge >= 0.3 is 0 Å². The molecule has 13 heavy (non-hydrogen) atoms. The second kappa shape index (κ2) is 4.67. The molecular weight excluding hydrogens is 158 g/mol. The van der Waals surface area contributed by atoms with Gasteiger partial charge in [-0.05, 0) is 23.5 Å². The Bertz CT molecular complexity index is 307. The summed E-state index contributed by atoms with van der Waals surface area (Å²) in [5.41, 5.74) is 2.50. The number of nitrogens with zero attached hydrogens (tertiary/aromatic N) is 1. The van der Waals surface area contributed by atoms with Gasteiger partial charge in [-0.1, -0.05) is 38.1 Å². The molecule has 0 saturated carbocycles. The second-order valence-corrected chi connectivity index (χ2v) is 3.70. The molecule has 1 aromatic carbocycles. The highest BCUT2D eigenvalue weighted by atomic mass is 14.2. The number of hydrogen-bond donors (Lipinski definition) is 0. The zero-order chi connectivity index (χ0) is 9.68. The van der Waals surface area contributed by atoms with Crippen LogP contribution in [0, 0.1) is 17.2 Å². The molecule has 68 valence electrons. The van der Waals surface area contributed by atoms with Crippen molar-refractivity contribution in [1.82, 2.24) is 0 Å². The quantitative estimate of drug-likeness (QED) is 0.689. The molecule has 0 aromatic heterocycles. The summed E-state index contributed by atoms with van der Waals surface area (Å²) in [5.74, 6) is 0.653. The van der Waals surface area contributed by atoms with Crippen LogP contribution in [0.25, 0.3) is 0 Å². The number of hydrogen-bond acceptors (Lipinski definition) is 1. The maximum Gasteiger partial charge on any atom is 0.0669 e. The Hall–Kier alpha value is -1.29. The van der Waals surface area contributed by atoms with E-state index in [4.69, 9.17) is 5.26 Å². The van der Waals surface area contributed by atoms with E-state index in [0.29, 0.717) is 12.3 Å². The highest BCUT2D eigenvalue weighted by molar-refractivity contribution is 5.29. The SMILES string of the molecule is CC(C)Cc1ccccc1CC#N. The first-order valence-electron chi connectivity index (χ1n) is 4.67. The fraction of sp³-hybridized carbons (Fsp3) is 0.417. The average molecular weight is 173 g/mol. The fourth-order valence-corrected chi connectivity index (χ4v) is 1.45. The van der Waals surface area contributed by atoms with Gasteiger partial charge in [-0.15, -0.1) is 0 Å². The molecule has 1 heteroatoms. The number of benzene rings is 1. The van der Waals surface area contributed by atoms with E-state index < -0.39 is 0 Å². The Kier molecular flexibility index (Phi) is 3.52. The first kappa shape index (κ1) is 9.80. The fourth-order valence-electron chi connectivity index (χ4n) is 1.45. The summed E-state index contributed by atoms with van der Waals surface area (Å²) in [6.07, 6.45) is 1.60. The zero-order valence-electron chi connectivity index (χ0n) is 8.25. The standard InChI is InChI=1S/C12H15N/c1-10(2)9-12-6-4-3-5-11(12)7-8-13/h3-6,10H,7,9H2,1-2H3. The van der Waals surface area contributed by atoms with Gasteiger partial charge in [-0.25, -0.2) is 0 Å². The molecule has 1 nitrogen and oxygen atoms in total. The van der Waals surface area contributed by atoms with Crippen molar-refractivity contribution in [3.05, 3.63) is 35.4 Å². The predicted molar refractivity (Wildman–Crippen MR) is 54.3 cm³/mol. The van der Waals surface area contributed by atoms with Crippen LogP contribution >= 0.6 is 0 Å². The molecule has 1 rings (SSSR count). The molecule has 0 heterocycles. The van der Waals surface area contributed by atoms with E-state index in [9.17, 15) is 0 Å². The Labute approximate surface area is 80.0 Å². The van der Waals surface area contributed by atoms with Crippen LogP contribution in [0.1, 0.15) is 25.0 Å². The van der Waals surface area contributed by atoms with Crippen LogP contribution < -0.4 is 0 Å². The smallest absolute Gasteiger partial charge is 0.0669 e. The average Bonchev–Trinajstić information content (AvgIpc) is 2.08. The molecule has 0 N–H and O–H groups in total. The van der Waals surface area contributed by atoms with Gasteiger partial charge in [-0.2, -0.15) is 5.26 Å². The van der Waals surface area contributed by atoms with Crippen LogP contribution in [0.4, 0.5) is 0 Å². The molecule has 0 saturated heterocycles. The maximum atomic E-state index is 8.63. The van der Waals surface area contributed by atoms with E-state index in [0.717, 1.165) is 6.42 Å². The van der Waals surface area contributed by atoms with Gasteiger partial charge in [0.2, 0.25) is 0 Å². The summed E-state index contributed by atoms with van der Waals surface area (Å²) in [6, 6.07) is 10.4. The minimum atomic E-state index is 0.531. The van der Waals surface area contributed by atoms with Gasteiger partial charge in [0, 0.05) is 0 Å². The lowest BCUT2D eigenvalue weighted by molar-refractivity contribution is 0.644. The summed E-state index contributed by atoms with van der Waals surface area (Å²) in [7, 11) is 0. The first-order valence-corrected chi connectivity index (χ1v) is 4.67. The minimum absolute atomic E-state index is 0.531. The molecule has 0 amide bonds.